The fourth-order valence-electron chi connectivity index (χ4n) is 1.96. The topological polar surface area (TPSA) is 26.0 Å². The largest absolute Gasteiger partial charge is 0.324 e. The number of benzene rings is 2. The van der Waals surface area contributed by atoms with E-state index in [-0.39, 0.29) is 6.04 Å². The van der Waals surface area contributed by atoms with Gasteiger partial charge in [0.2, 0.25) is 0 Å². The molecule has 2 heteroatoms. The molecule has 1 atom stereocenters. The van der Waals surface area contributed by atoms with Crippen LogP contribution in [0.4, 0.5) is 0 Å². The van der Waals surface area contributed by atoms with Crippen molar-refractivity contribution in [2.75, 3.05) is 0 Å². The first-order chi connectivity index (χ1) is 8.49. The van der Waals surface area contributed by atoms with Crippen LogP contribution in [0.15, 0.2) is 36.4 Å². The van der Waals surface area contributed by atoms with Gasteiger partial charge in [0.25, 0.3) is 0 Å². The molecule has 1 nitrogen and oxygen atoms in total. The van der Waals surface area contributed by atoms with E-state index >= 15 is 0 Å². The van der Waals surface area contributed by atoms with Crippen molar-refractivity contribution < 1.29 is 0 Å². The van der Waals surface area contributed by atoms with Crippen LogP contribution in [-0.2, 0) is 0 Å². The quantitative estimate of drug-likeness (QED) is 0.835. The number of halogens is 1. The summed E-state index contributed by atoms with van der Waals surface area (Å²) in [6, 6.07) is 12.4. The van der Waals surface area contributed by atoms with Crippen LogP contribution in [0.5, 0.6) is 0 Å². The summed E-state index contributed by atoms with van der Waals surface area (Å²) in [5.41, 5.74) is 11.8. The first-order valence-electron chi connectivity index (χ1n) is 6.11. The van der Waals surface area contributed by atoms with Gasteiger partial charge in [-0.25, -0.2) is 0 Å². The van der Waals surface area contributed by atoms with Gasteiger partial charge in [0.15, 0.2) is 0 Å². The van der Waals surface area contributed by atoms with Crippen LogP contribution in [0.3, 0.4) is 0 Å². The average molecular weight is 260 g/mol. The molecule has 0 bridgehead atoms. The van der Waals surface area contributed by atoms with Gasteiger partial charge in [-0.1, -0.05) is 35.9 Å². The van der Waals surface area contributed by atoms with Crippen molar-refractivity contribution >= 4 is 11.6 Å². The van der Waals surface area contributed by atoms with Gasteiger partial charge in [0, 0.05) is 16.6 Å². The Bertz CT molecular complexity index is 573. The molecule has 2 N–H and O–H groups in total. The van der Waals surface area contributed by atoms with Crippen molar-refractivity contribution in [2.24, 2.45) is 5.73 Å². The minimum absolute atomic E-state index is 0.0209. The molecule has 0 saturated heterocycles. The maximum Gasteiger partial charge on any atom is 0.0484 e. The lowest BCUT2D eigenvalue weighted by Gasteiger charge is -2.11. The maximum atomic E-state index is 6.29. The fraction of sp³-hybridized carbons (Fsp3) is 0.250. The smallest absolute Gasteiger partial charge is 0.0484 e. The van der Waals surface area contributed by atoms with Gasteiger partial charge in [-0.2, -0.15) is 0 Å². The van der Waals surface area contributed by atoms with Crippen molar-refractivity contribution in [1.29, 1.82) is 0 Å². The van der Waals surface area contributed by atoms with E-state index in [1.54, 1.807) is 0 Å². The second-order valence-corrected chi connectivity index (χ2v) is 5.23. The number of aryl methyl sites for hydroxylation is 2. The molecule has 0 spiro atoms. The molecular weight excluding hydrogens is 242 g/mol. The molecule has 0 aliphatic heterocycles. The monoisotopic (exact) mass is 259 g/mol. The summed E-state index contributed by atoms with van der Waals surface area (Å²) in [6.07, 6.45) is 0. The van der Waals surface area contributed by atoms with Crippen molar-refractivity contribution in [3.63, 3.8) is 0 Å². The zero-order valence-electron chi connectivity index (χ0n) is 11.0. The Morgan fingerprint density at radius 2 is 1.72 bits per heavy atom. The Morgan fingerprint density at radius 3 is 2.33 bits per heavy atom. The van der Waals surface area contributed by atoms with E-state index in [2.05, 4.69) is 38.1 Å². The molecule has 1 unspecified atom stereocenters. The minimum Gasteiger partial charge on any atom is -0.324 e. The first-order valence-corrected chi connectivity index (χ1v) is 6.49. The van der Waals surface area contributed by atoms with Crippen molar-refractivity contribution in [2.45, 2.75) is 26.8 Å². The summed E-state index contributed by atoms with van der Waals surface area (Å²) in [5, 5.41) is 0.766. The number of hydrogen-bond donors (Lipinski definition) is 1. The molecule has 0 heterocycles. The normalized spacial score (nSPS) is 12.5. The average Bonchev–Trinajstić information content (AvgIpc) is 2.33. The Labute approximate surface area is 114 Å². The summed E-state index contributed by atoms with van der Waals surface area (Å²) < 4.78 is 0. The molecule has 2 aromatic carbocycles. The van der Waals surface area contributed by atoms with Crippen LogP contribution >= 0.6 is 11.6 Å². The molecule has 94 valence electrons. The highest BCUT2D eigenvalue weighted by Gasteiger charge is 2.08. The van der Waals surface area contributed by atoms with E-state index in [4.69, 9.17) is 17.3 Å². The summed E-state index contributed by atoms with van der Waals surface area (Å²) in [5.74, 6) is 0. The van der Waals surface area contributed by atoms with E-state index in [9.17, 15) is 0 Å². The maximum absolute atomic E-state index is 6.29. The lowest BCUT2D eigenvalue weighted by atomic mass is 9.97. The summed E-state index contributed by atoms with van der Waals surface area (Å²) in [4.78, 5) is 0. The zero-order valence-corrected chi connectivity index (χ0v) is 11.8. The van der Waals surface area contributed by atoms with Crippen LogP contribution < -0.4 is 5.73 Å². The predicted molar refractivity (Wildman–Crippen MR) is 79.0 cm³/mol. The van der Waals surface area contributed by atoms with E-state index in [0.29, 0.717) is 0 Å². The lowest BCUT2D eigenvalue weighted by Crippen LogP contribution is -2.04. The van der Waals surface area contributed by atoms with Crippen LogP contribution in [0.1, 0.15) is 29.7 Å². The van der Waals surface area contributed by atoms with E-state index in [1.165, 1.54) is 11.1 Å². The highest BCUT2D eigenvalue weighted by molar-refractivity contribution is 6.33. The molecular formula is C16H18ClN. The van der Waals surface area contributed by atoms with Gasteiger partial charge in [0.1, 0.15) is 0 Å². The standard InChI is InChI=1S/C16H18ClN/c1-10-4-5-14(8-11(10)2)15-9-13(12(3)18)6-7-16(15)17/h4-9,12H,18H2,1-3H3. The molecule has 2 rings (SSSR count). The molecule has 0 amide bonds. The fourth-order valence-corrected chi connectivity index (χ4v) is 2.18. The van der Waals surface area contributed by atoms with Crippen molar-refractivity contribution in [3.8, 4) is 11.1 Å². The van der Waals surface area contributed by atoms with Crippen molar-refractivity contribution in [1.82, 2.24) is 0 Å². The van der Waals surface area contributed by atoms with Gasteiger partial charge in [-0.3, -0.25) is 0 Å². The Hall–Kier alpha value is -1.31. The first kappa shape index (κ1) is 13.1. The molecule has 0 radical (unpaired) electrons. The third kappa shape index (κ3) is 2.58. The zero-order chi connectivity index (χ0) is 13.3. The summed E-state index contributed by atoms with van der Waals surface area (Å²) in [6.45, 7) is 6.20. The third-order valence-corrected chi connectivity index (χ3v) is 3.66. The predicted octanol–water partition coefficient (Wildman–Crippen LogP) is 4.64. The van der Waals surface area contributed by atoms with E-state index < -0.39 is 0 Å². The van der Waals surface area contributed by atoms with Crippen molar-refractivity contribution in [3.05, 3.63) is 58.1 Å². The third-order valence-electron chi connectivity index (χ3n) is 3.33. The van der Waals surface area contributed by atoms with E-state index in [1.807, 2.05) is 19.1 Å². The summed E-state index contributed by atoms with van der Waals surface area (Å²) >= 11 is 6.29. The highest BCUT2D eigenvalue weighted by Crippen LogP contribution is 2.31. The second kappa shape index (κ2) is 5.13. The SMILES string of the molecule is Cc1ccc(-c2cc(C(C)N)ccc2Cl)cc1C. The van der Waals surface area contributed by atoms with Gasteiger partial charge in [-0.05, 0) is 55.2 Å². The minimum atomic E-state index is 0.0209. The van der Waals surface area contributed by atoms with E-state index in [0.717, 1.165) is 21.7 Å². The number of rotatable bonds is 2. The van der Waals surface area contributed by atoms with Gasteiger partial charge >= 0.3 is 0 Å². The molecule has 18 heavy (non-hydrogen) atoms. The molecule has 0 fully saturated rings. The number of hydrogen-bond acceptors (Lipinski definition) is 1. The Kier molecular flexibility index (Phi) is 3.74. The van der Waals surface area contributed by atoms with Crippen LogP contribution in [-0.4, -0.2) is 0 Å². The van der Waals surface area contributed by atoms with Gasteiger partial charge in [-0.15, -0.1) is 0 Å². The summed E-state index contributed by atoms with van der Waals surface area (Å²) in [7, 11) is 0. The van der Waals surface area contributed by atoms with Gasteiger partial charge < -0.3 is 5.73 Å². The lowest BCUT2D eigenvalue weighted by molar-refractivity contribution is 0.819. The van der Waals surface area contributed by atoms with Crippen LogP contribution in [0.25, 0.3) is 11.1 Å². The molecule has 2 aromatic rings. The second-order valence-electron chi connectivity index (χ2n) is 4.83. The van der Waals surface area contributed by atoms with Gasteiger partial charge in [0.05, 0.1) is 0 Å². The Balaban J connectivity index is 2.55. The number of nitrogens with two attached hydrogens (primary N) is 1. The molecule has 0 saturated carbocycles. The molecule has 0 aromatic heterocycles. The van der Waals surface area contributed by atoms with Crippen LogP contribution in [0, 0.1) is 13.8 Å². The molecule has 0 aliphatic carbocycles. The van der Waals surface area contributed by atoms with Crippen LogP contribution in [0.2, 0.25) is 5.02 Å². The molecule has 0 aliphatic rings. The Morgan fingerprint density at radius 1 is 1.00 bits per heavy atom. The highest BCUT2D eigenvalue weighted by atomic mass is 35.5.